The molecule has 0 saturated carbocycles. The van der Waals surface area contributed by atoms with Crippen molar-refractivity contribution in [1.29, 1.82) is 0 Å². The van der Waals surface area contributed by atoms with Gasteiger partial charge in [-0.2, -0.15) is 52.7 Å². The van der Waals surface area contributed by atoms with Crippen LogP contribution in [-0.4, -0.2) is 37.2 Å². The van der Waals surface area contributed by atoms with Crippen LogP contribution in [0, 0.1) is 0 Å². The van der Waals surface area contributed by atoms with Gasteiger partial charge in [-0.05, 0) is 0 Å². The number of allylic oxidation sites excluding steroid dienone is 2. The van der Waals surface area contributed by atoms with Crippen molar-refractivity contribution in [3.63, 3.8) is 0 Å². The minimum atomic E-state index is -6.93. The fourth-order valence-corrected chi connectivity index (χ4v) is 0.857. The third kappa shape index (κ3) is 3.48. The summed E-state index contributed by atoms with van der Waals surface area (Å²) < 4.78 is 149. The van der Waals surface area contributed by atoms with Gasteiger partial charge in [0, 0.05) is 6.08 Å². The first-order valence-corrected chi connectivity index (χ1v) is 4.46. The van der Waals surface area contributed by atoms with E-state index < -0.39 is 42.0 Å². The number of alkyl halides is 12. The van der Waals surface area contributed by atoms with Gasteiger partial charge in [0.05, 0.1) is 7.11 Å². The highest BCUT2D eigenvalue weighted by atomic mass is 19.4. The monoisotopic (exact) mass is 344 g/mol. The lowest BCUT2D eigenvalue weighted by Gasteiger charge is -2.29. The van der Waals surface area contributed by atoms with Gasteiger partial charge in [-0.15, -0.1) is 0 Å². The minimum Gasteiger partial charge on any atom is -0.495 e. The SMILES string of the molecule is COC(=CC(F)(F)C(F)(F)F)C(F)(F)C(F)(F)C(F)(F)F. The summed E-state index contributed by atoms with van der Waals surface area (Å²) in [6.45, 7) is 0. The average molecular weight is 344 g/mol. The lowest BCUT2D eigenvalue weighted by molar-refractivity contribution is -0.350. The first-order valence-electron chi connectivity index (χ1n) is 4.46. The van der Waals surface area contributed by atoms with Crippen LogP contribution >= 0.6 is 0 Å². The van der Waals surface area contributed by atoms with Crippen LogP contribution in [0.15, 0.2) is 11.8 Å². The molecule has 0 bridgehead atoms. The Kier molecular flexibility index (Phi) is 4.84. The van der Waals surface area contributed by atoms with E-state index in [1.807, 2.05) is 0 Å². The van der Waals surface area contributed by atoms with Gasteiger partial charge in [0.2, 0.25) is 0 Å². The molecule has 126 valence electrons. The zero-order valence-corrected chi connectivity index (χ0v) is 9.52. The van der Waals surface area contributed by atoms with Gasteiger partial charge in [-0.3, -0.25) is 0 Å². The molecule has 0 aliphatic heterocycles. The van der Waals surface area contributed by atoms with Crippen LogP contribution in [0.3, 0.4) is 0 Å². The van der Waals surface area contributed by atoms with Crippen LogP contribution in [0.5, 0.6) is 0 Å². The summed E-state index contributed by atoms with van der Waals surface area (Å²) >= 11 is 0. The minimum absolute atomic E-state index is 0.0708. The fraction of sp³-hybridized carbons (Fsp3) is 0.750. The van der Waals surface area contributed by atoms with Crippen LogP contribution in [0.2, 0.25) is 0 Å². The van der Waals surface area contributed by atoms with Gasteiger partial charge in [0.15, 0.2) is 5.76 Å². The molecule has 0 aromatic heterocycles. The van der Waals surface area contributed by atoms with Crippen LogP contribution in [-0.2, 0) is 4.74 Å². The largest absolute Gasteiger partial charge is 0.495 e. The molecule has 0 saturated heterocycles. The van der Waals surface area contributed by atoms with Gasteiger partial charge < -0.3 is 4.74 Å². The maximum atomic E-state index is 12.9. The normalized spacial score (nSPS) is 16.1. The Morgan fingerprint density at radius 2 is 1.10 bits per heavy atom. The van der Waals surface area contributed by atoms with Crippen molar-refractivity contribution in [2.24, 2.45) is 0 Å². The summed E-state index contributed by atoms with van der Waals surface area (Å²) in [5.74, 6) is -22.7. The molecule has 0 radical (unpaired) electrons. The Morgan fingerprint density at radius 3 is 1.33 bits per heavy atom. The number of hydrogen-bond acceptors (Lipinski definition) is 1. The molecule has 1 nitrogen and oxygen atoms in total. The third-order valence-electron chi connectivity index (χ3n) is 1.97. The van der Waals surface area contributed by atoms with Crippen molar-refractivity contribution >= 4 is 0 Å². The Balaban J connectivity index is 5.98. The highest BCUT2D eigenvalue weighted by molar-refractivity contribution is 5.17. The first-order chi connectivity index (χ1) is 8.92. The second-order valence-corrected chi connectivity index (χ2v) is 3.48. The first kappa shape index (κ1) is 19.7. The van der Waals surface area contributed by atoms with E-state index in [-0.39, 0.29) is 7.11 Å². The van der Waals surface area contributed by atoms with E-state index in [4.69, 9.17) is 0 Å². The Bertz CT molecular complexity index is 400. The summed E-state index contributed by atoms with van der Waals surface area (Å²) in [5.41, 5.74) is 0. The average Bonchev–Trinajstić information content (AvgIpc) is 2.22. The van der Waals surface area contributed by atoms with Gasteiger partial charge in [0.1, 0.15) is 0 Å². The number of halogens is 12. The smallest absolute Gasteiger partial charge is 0.460 e. The molecular weight excluding hydrogens is 340 g/mol. The molecular formula is C8H4F12O. The molecule has 0 amide bonds. The second kappa shape index (κ2) is 5.16. The fourth-order valence-electron chi connectivity index (χ4n) is 0.857. The third-order valence-corrected chi connectivity index (χ3v) is 1.97. The highest BCUT2D eigenvalue weighted by Crippen LogP contribution is 2.51. The summed E-state index contributed by atoms with van der Waals surface area (Å²) in [6.07, 6.45) is -15.3. The van der Waals surface area contributed by atoms with E-state index in [9.17, 15) is 52.7 Å². The Hall–Kier alpha value is -1.30. The lowest BCUT2D eigenvalue weighted by Crippen LogP contribution is -2.53. The molecule has 0 rings (SSSR count). The van der Waals surface area contributed by atoms with E-state index in [1.54, 1.807) is 0 Å². The standard InChI is InChI=1S/C8H4F12O/c1-21-3(2-4(9,10)7(15,16)17)5(11,12)6(13,14)8(18,19)20/h2H,1H3. The predicted octanol–water partition coefficient (Wildman–Crippen LogP) is 4.55. The quantitative estimate of drug-likeness (QED) is 0.537. The molecule has 0 unspecified atom stereocenters. The highest BCUT2D eigenvalue weighted by Gasteiger charge is 2.75. The molecule has 0 aromatic rings. The molecule has 0 fully saturated rings. The van der Waals surface area contributed by atoms with Crippen LogP contribution in [0.4, 0.5) is 52.7 Å². The molecule has 0 spiro atoms. The van der Waals surface area contributed by atoms with Crippen molar-refractivity contribution in [2.45, 2.75) is 30.1 Å². The number of methoxy groups -OCH3 is 1. The van der Waals surface area contributed by atoms with Crippen molar-refractivity contribution in [2.75, 3.05) is 7.11 Å². The number of hydrogen-bond donors (Lipinski definition) is 0. The molecule has 0 aliphatic rings. The molecule has 13 heteroatoms. The van der Waals surface area contributed by atoms with Crippen LogP contribution in [0.25, 0.3) is 0 Å². The van der Waals surface area contributed by atoms with E-state index >= 15 is 0 Å². The summed E-state index contributed by atoms with van der Waals surface area (Å²) in [4.78, 5) is 0. The van der Waals surface area contributed by atoms with Gasteiger partial charge in [-0.25, -0.2) is 0 Å². The summed E-state index contributed by atoms with van der Waals surface area (Å²) in [7, 11) is -0.0708. The van der Waals surface area contributed by atoms with E-state index in [0.717, 1.165) is 0 Å². The van der Waals surface area contributed by atoms with Crippen LogP contribution in [0.1, 0.15) is 0 Å². The molecule has 0 aromatic carbocycles. The van der Waals surface area contributed by atoms with Gasteiger partial charge in [-0.1, -0.05) is 0 Å². The molecule has 21 heavy (non-hydrogen) atoms. The van der Waals surface area contributed by atoms with Crippen molar-refractivity contribution in [1.82, 2.24) is 0 Å². The molecule has 0 atom stereocenters. The van der Waals surface area contributed by atoms with E-state index in [1.165, 1.54) is 0 Å². The maximum Gasteiger partial charge on any atom is 0.460 e. The van der Waals surface area contributed by atoms with Crippen molar-refractivity contribution in [3.05, 3.63) is 11.8 Å². The zero-order valence-electron chi connectivity index (χ0n) is 9.52. The van der Waals surface area contributed by atoms with Gasteiger partial charge >= 0.3 is 30.1 Å². The van der Waals surface area contributed by atoms with Crippen molar-refractivity contribution < 1.29 is 57.4 Å². The van der Waals surface area contributed by atoms with Crippen LogP contribution < -0.4 is 0 Å². The predicted molar refractivity (Wildman–Crippen MR) is 42.0 cm³/mol. The Morgan fingerprint density at radius 1 is 0.714 bits per heavy atom. The summed E-state index contributed by atoms with van der Waals surface area (Å²) in [5, 5.41) is 0. The number of ether oxygens (including phenoxy) is 1. The second-order valence-electron chi connectivity index (χ2n) is 3.48. The number of rotatable bonds is 4. The molecule has 0 heterocycles. The van der Waals surface area contributed by atoms with E-state index in [2.05, 4.69) is 4.74 Å². The maximum absolute atomic E-state index is 12.9. The Labute approximate surface area is 108 Å². The van der Waals surface area contributed by atoms with Crippen molar-refractivity contribution in [3.8, 4) is 0 Å². The van der Waals surface area contributed by atoms with E-state index in [0.29, 0.717) is 0 Å². The topological polar surface area (TPSA) is 9.23 Å². The summed E-state index contributed by atoms with van der Waals surface area (Å²) in [6, 6.07) is 0. The zero-order chi connectivity index (χ0) is 17.5. The molecule has 0 aliphatic carbocycles. The van der Waals surface area contributed by atoms with Gasteiger partial charge in [0.25, 0.3) is 0 Å². The molecule has 0 N–H and O–H groups in total. The lowest BCUT2D eigenvalue weighted by atomic mass is 10.1.